The van der Waals surface area contributed by atoms with Gasteiger partial charge in [0.15, 0.2) is 0 Å². The Kier molecular flexibility index (Phi) is 2.80. The second-order valence-corrected chi connectivity index (χ2v) is 4.84. The normalized spacial score (nSPS) is 17.8. The summed E-state index contributed by atoms with van der Waals surface area (Å²) in [5.41, 5.74) is 2.61. The molecule has 0 fully saturated rings. The van der Waals surface area contributed by atoms with E-state index in [4.69, 9.17) is 9.47 Å². The van der Waals surface area contributed by atoms with Crippen molar-refractivity contribution in [2.45, 2.75) is 32.4 Å². The van der Waals surface area contributed by atoms with E-state index in [9.17, 15) is 0 Å². The monoisotopic (exact) mass is 221 g/mol. The Morgan fingerprint density at radius 3 is 2.19 bits per heavy atom. The summed E-state index contributed by atoms with van der Waals surface area (Å²) in [7, 11) is 3.43. The summed E-state index contributed by atoms with van der Waals surface area (Å²) in [6.07, 6.45) is 0.961. The van der Waals surface area contributed by atoms with Crippen LogP contribution in [0.25, 0.3) is 0 Å². The van der Waals surface area contributed by atoms with Crippen LogP contribution in [0.4, 0.5) is 0 Å². The van der Waals surface area contributed by atoms with Gasteiger partial charge in [0.05, 0.1) is 14.2 Å². The number of ether oxygens (including phenoxy) is 2. The van der Waals surface area contributed by atoms with Crippen LogP contribution in [0, 0.1) is 0 Å². The zero-order valence-corrected chi connectivity index (χ0v) is 10.4. The third kappa shape index (κ3) is 1.87. The van der Waals surface area contributed by atoms with Gasteiger partial charge in [-0.3, -0.25) is 0 Å². The van der Waals surface area contributed by atoms with Crippen molar-refractivity contribution < 1.29 is 9.47 Å². The SMILES string of the molecule is COc1ccc(OC)c2c1CNC(C)(C)C2. The summed E-state index contributed by atoms with van der Waals surface area (Å²) in [5.74, 6) is 1.91. The molecule has 1 aromatic carbocycles. The summed E-state index contributed by atoms with van der Waals surface area (Å²) >= 11 is 0. The maximum atomic E-state index is 5.42. The number of rotatable bonds is 2. The van der Waals surface area contributed by atoms with Crippen molar-refractivity contribution in [3.05, 3.63) is 23.3 Å². The average molecular weight is 221 g/mol. The number of nitrogens with one attached hydrogen (secondary N) is 1. The molecule has 1 aliphatic rings. The van der Waals surface area contributed by atoms with Gasteiger partial charge in [0.25, 0.3) is 0 Å². The number of hydrogen-bond acceptors (Lipinski definition) is 3. The van der Waals surface area contributed by atoms with Gasteiger partial charge in [-0.2, -0.15) is 0 Å². The van der Waals surface area contributed by atoms with Gasteiger partial charge in [-0.15, -0.1) is 0 Å². The van der Waals surface area contributed by atoms with E-state index in [-0.39, 0.29) is 5.54 Å². The second-order valence-electron chi connectivity index (χ2n) is 4.84. The fourth-order valence-electron chi connectivity index (χ4n) is 2.25. The van der Waals surface area contributed by atoms with Crippen LogP contribution in [0.2, 0.25) is 0 Å². The molecule has 0 amide bonds. The maximum Gasteiger partial charge on any atom is 0.123 e. The quantitative estimate of drug-likeness (QED) is 0.830. The van der Waals surface area contributed by atoms with Crippen LogP contribution in [0.15, 0.2) is 12.1 Å². The first-order valence-corrected chi connectivity index (χ1v) is 5.55. The molecule has 0 unspecified atom stereocenters. The van der Waals surface area contributed by atoms with Gasteiger partial charge in [0.2, 0.25) is 0 Å². The number of methoxy groups -OCH3 is 2. The minimum absolute atomic E-state index is 0.118. The molecule has 1 heterocycles. The fourth-order valence-corrected chi connectivity index (χ4v) is 2.25. The largest absolute Gasteiger partial charge is 0.496 e. The highest BCUT2D eigenvalue weighted by Gasteiger charge is 2.28. The molecular formula is C13H19NO2. The summed E-state index contributed by atoms with van der Waals surface area (Å²) in [5, 5.41) is 3.51. The molecule has 1 N–H and O–H groups in total. The molecule has 3 nitrogen and oxygen atoms in total. The first-order chi connectivity index (χ1) is 7.57. The van der Waals surface area contributed by atoms with Crippen molar-refractivity contribution in [1.29, 1.82) is 0 Å². The Hall–Kier alpha value is -1.22. The van der Waals surface area contributed by atoms with E-state index in [0.29, 0.717) is 0 Å². The number of benzene rings is 1. The fraction of sp³-hybridized carbons (Fsp3) is 0.538. The molecule has 0 spiro atoms. The molecule has 88 valence electrons. The Labute approximate surface area is 96.8 Å². The molecule has 2 rings (SSSR count). The topological polar surface area (TPSA) is 30.5 Å². The van der Waals surface area contributed by atoms with Gasteiger partial charge in [-0.05, 0) is 32.4 Å². The number of hydrogen-bond donors (Lipinski definition) is 1. The van der Waals surface area contributed by atoms with E-state index in [0.717, 1.165) is 24.5 Å². The van der Waals surface area contributed by atoms with Crippen LogP contribution in [0.1, 0.15) is 25.0 Å². The summed E-state index contributed by atoms with van der Waals surface area (Å²) < 4.78 is 10.8. The predicted molar refractivity (Wildman–Crippen MR) is 64.2 cm³/mol. The van der Waals surface area contributed by atoms with Gasteiger partial charge >= 0.3 is 0 Å². The van der Waals surface area contributed by atoms with E-state index in [1.807, 2.05) is 12.1 Å². The molecule has 0 aromatic heterocycles. The maximum absolute atomic E-state index is 5.42. The Bertz CT molecular complexity index is 399. The summed E-state index contributed by atoms with van der Waals surface area (Å²) in [6.45, 7) is 5.24. The van der Waals surface area contributed by atoms with Gasteiger partial charge in [-0.25, -0.2) is 0 Å². The van der Waals surface area contributed by atoms with Crippen LogP contribution in [-0.4, -0.2) is 19.8 Å². The van der Waals surface area contributed by atoms with Crippen LogP contribution in [0.5, 0.6) is 11.5 Å². The number of fused-ring (bicyclic) bond motifs is 1. The average Bonchev–Trinajstić information content (AvgIpc) is 2.26. The zero-order chi connectivity index (χ0) is 11.8. The summed E-state index contributed by atoms with van der Waals surface area (Å²) in [6, 6.07) is 3.96. The van der Waals surface area contributed by atoms with E-state index >= 15 is 0 Å². The lowest BCUT2D eigenvalue weighted by atomic mass is 9.86. The van der Waals surface area contributed by atoms with Gasteiger partial charge in [-0.1, -0.05) is 0 Å². The second kappa shape index (κ2) is 3.98. The Morgan fingerprint density at radius 1 is 1.06 bits per heavy atom. The van der Waals surface area contributed by atoms with Gasteiger partial charge in [0, 0.05) is 23.2 Å². The molecule has 16 heavy (non-hydrogen) atoms. The van der Waals surface area contributed by atoms with Crippen molar-refractivity contribution in [2.75, 3.05) is 14.2 Å². The van der Waals surface area contributed by atoms with Crippen molar-refractivity contribution in [2.24, 2.45) is 0 Å². The van der Waals surface area contributed by atoms with Crippen LogP contribution >= 0.6 is 0 Å². The predicted octanol–water partition coefficient (Wildman–Crippen LogP) is 2.13. The van der Waals surface area contributed by atoms with Crippen LogP contribution in [0.3, 0.4) is 0 Å². The third-order valence-electron chi connectivity index (χ3n) is 3.15. The van der Waals surface area contributed by atoms with Crippen LogP contribution in [-0.2, 0) is 13.0 Å². The molecule has 0 atom stereocenters. The zero-order valence-electron chi connectivity index (χ0n) is 10.4. The highest BCUT2D eigenvalue weighted by atomic mass is 16.5. The molecule has 0 saturated carbocycles. The smallest absolute Gasteiger partial charge is 0.123 e. The van der Waals surface area contributed by atoms with Crippen molar-refractivity contribution in [3.63, 3.8) is 0 Å². The molecule has 0 aliphatic carbocycles. The molecule has 0 saturated heterocycles. The third-order valence-corrected chi connectivity index (χ3v) is 3.15. The standard InChI is InChI=1S/C13H19NO2/c1-13(2)7-9-10(8-14-13)12(16-4)6-5-11(9)15-3/h5-6,14H,7-8H2,1-4H3. The van der Waals surface area contributed by atoms with Crippen molar-refractivity contribution >= 4 is 0 Å². The lowest BCUT2D eigenvalue weighted by Crippen LogP contribution is -2.44. The summed E-state index contributed by atoms with van der Waals surface area (Å²) in [4.78, 5) is 0. The van der Waals surface area contributed by atoms with Crippen molar-refractivity contribution in [3.8, 4) is 11.5 Å². The molecular weight excluding hydrogens is 202 g/mol. The molecule has 3 heteroatoms. The first-order valence-electron chi connectivity index (χ1n) is 5.55. The van der Waals surface area contributed by atoms with Gasteiger partial charge in [0.1, 0.15) is 11.5 Å². The van der Waals surface area contributed by atoms with E-state index in [1.54, 1.807) is 14.2 Å². The minimum Gasteiger partial charge on any atom is -0.496 e. The molecule has 0 bridgehead atoms. The Balaban J connectivity index is 2.50. The van der Waals surface area contributed by atoms with E-state index in [1.165, 1.54) is 11.1 Å². The lowest BCUT2D eigenvalue weighted by molar-refractivity contribution is 0.332. The lowest BCUT2D eigenvalue weighted by Gasteiger charge is -2.34. The Morgan fingerprint density at radius 2 is 1.62 bits per heavy atom. The molecule has 1 aromatic rings. The minimum atomic E-state index is 0.118. The van der Waals surface area contributed by atoms with Gasteiger partial charge < -0.3 is 14.8 Å². The van der Waals surface area contributed by atoms with E-state index < -0.39 is 0 Å². The highest BCUT2D eigenvalue weighted by molar-refractivity contribution is 5.50. The highest BCUT2D eigenvalue weighted by Crippen LogP contribution is 2.35. The van der Waals surface area contributed by atoms with Crippen LogP contribution < -0.4 is 14.8 Å². The van der Waals surface area contributed by atoms with E-state index in [2.05, 4.69) is 19.2 Å². The first kappa shape index (κ1) is 11.3. The van der Waals surface area contributed by atoms with Crippen molar-refractivity contribution in [1.82, 2.24) is 5.32 Å². The molecule has 1 aliphatic heterocycles. The molecule has 0 radical (unpaired) electrons.